The van der Waals surface area contributed by atoms with E-state index in [9.17, 15) is 4.39 Å². The SMILES string of the molecule is COc1ccc(F)cc1CSc1nnnn1-c1cc(C)ccc1C. The average molecular weight is 344 g/mol. The van der Waals surface area contributed by atoms with Gasteiger partial charge in [-0.25, -0.2) is 4.39 Å². The molecule has 1 aromatic heterocycles. The van der Waals surface area contributed by atoms with E-state index in [1.54, 1.807) is 17.9 Å². The van der Waals surface area contributed by atoms with Crippen LogP contribution in [0.4, 0.5) is 4.39 Å². The van der Waals surface area contributed by atoms with Crippen LogP contribution in [0.25, 0.3) is 5.69 Å². The van der Waals surface area contributed by atoms with Gasteiger partial charge in [0.1, 0.15) is 11.6 Å². The summed E-state index contributed by atoms with van der Waals surface area (Å²) in [6.45, 7) is 4.04. The molecule has 0 aliphatic heterocycles. The van der Waals surface area contributed by atoms with E-state index in [0.717, 1.165) is 22.4 Å². The molecule has 3 rings (SSSR count). The zero-order valence-corrected chi connectivity index (χ0v) is 14.5. The first-order chi connectivity index (χ1) is 11.6. The van der Waals surface area contributed by atoms with E-state index in [0.29, 0.717) is 16.7 Å². The molecule has 0 amide bonds. The Kier molecular flexibility index (Phi) is 4.80. The average Bonchev–Trinajstić information content (AvgIpc) is 3.03. The number of tetrazole rings is 1. The fourth-order valence-electron chi connectivity index (χ4n) is 2.37. The number of hydrogen-bond acceptors (Lipinski definition) is 5. The highest BCUT2D eigenvalue weighted by atomic mass is 32.2. The van der Waals surface area contributed by atoms with Crippen LogP contribution in [0.15, 0.2) is 41.6 Å². The van der Waals surface area contributed by atoms with Gasteiger partial charge in [-0.1, -0.05) is 23.9 Å². The molecule has 24 heavy (non-hydrogen) atoms. The van der Waals surface area contributed by atoms with Gasteiger partial charge in [-0.05, 0) is 59.7 Å². The predicted molar refractivity (Wildman–Crippen MR) is 91.1 cm³/mol. The van der Waals surface area contributed by atoms with Gasteiger partial charge >= 0.3 is 0 Å². The minimum absolute atomic E-state index is 0.291. The Morgan fingerprint density at radius 2 is 2.00 bits per heavy atom. The van der Waals surface area contributed by atoms with Gasteiger partial charge in [0.25, 0.3) is 0 Å². The Morgan fingerprint density at radius 3 is 2.79 bits per heavy atom. The van der Waals surface area contributed by atoms with E-state index in [1.165, 1.54) is 23.9 Å². The molecule has 1 heterocycles. The molecule has 7 heteroatoms. The first-order valence-electron chi connectivity index (χ1n) is 7.39. The number of aromatic nitrogens is 4. The molecular weight excluding hydrogens is 327 g/mol. The summed E-state index contributed by atoms with van der Waals surface area (Å²) in [6.07, 6.45) is 0. The van der Waals surface area contributed by atoms with E-state index < -0.39 is 0 Å². The Labute approximate surface area is 143 Å². The highest BCUT2D eigenvalue weighted by Crippen LogP contribution is 2.29. The van der Waals surface area contributed by atoms with Crippen molar-refractivity contribution in [1.82, 2.24) is 20.2 Å². The van der Waals surface area contributed by atoms with E-state index in [1.807, 2.05) is 32.0 Å². The summed E-state index contributed by atoms with van der Waals surface area (Å²) in [5.41, 5.74) is 3.92. The second kappa shape index (κ2) is 7.00. The molecule has 3 aromatic rings. The van der Waals surface area contributed by atoms with Gasteiger partial charge in [0.2, 0.25) is 5.16 Å². The summed E-state index contributed by atoms with van der Waals surface area (Å²) in [6, 6.07) is 10.6. The Bertz CT molecular complexity index is 866. The van der Waals surface area contributed by atoms with Crippen molar-refractivity contribution in [3.63, 3.8) is 0 Å². The third-order valence-electron chi connectivity index (χ3n) is 3.63. The van der Waals surface area contributed by atoms with Crippen LogP contribution in [0.2, 0.25) is 0 Å². The van der Waals surface area contributed by atoms with Crippen LogP contribution in [-0.4, -0.2) is 27.3 Å². The first kappa shape index (κ1) is 16.4. The molecule has 124 valence electrons. The second-order valence-corrected chi connectivity index (χ2v) is 6.35. The normalized spacial score (nSPS) is 10.8. The van der Waals surface area contributed by atoms with Gasteiger partial charge in [0.15, 0.2) is 0 Å². The molecule has 0 spiro atoms. The quantitative estimate of drug-likeness (QED) is 0.660. The highest BCUT2D eigenvalue weighted by molar-refractivity contribution is 7.98. The van der Waals surface area contributed by atoms with Crippen LogP contribution in [0.1, 0.15) is 16.7 Å². The van der Waals surface area contributed by atoms with Crippen molar-refractivity contribution < 1.29 is 9.13 Å². The molecule has 0 aliphatic carbocycles. The number of halogens is 1. The molecule has 2 aromatic carbocycles. The number of thioether (sulfide) groups is 1. The van der Waals surface area contributed by atoms with Crippen molar-refractivity contribution in [3.8, 4) is 11.4 Å². The minimum Gasteiger partial charge on any atom is -0.496 e. The number of aryl methyl sites for hydroxylation is 2. The van der Waals surface area contributed by atoms with Gasteiger partial charge in [0, 0.05) is 11.3 Å². The summed E-state index contributed by atoms with van der Waals surface area (Å²) in [5.74, 6) is 0.863. The Balaban J connectivity index is 1.87. The smallest absolute Gasteiger partial charge is 0.214 e. The molecule has 0 unspecified atom stereocenters. The lowest BCUT2D eigenvalue weighted by molar-refractivity contribution is 0.410. The predicted octanol–water partition coefficient (Wildman–Crippen LogP) is 3.72. The maximum atomic E-state index is 13.5. The van der Waals surface area contributed by atoms with Gasteiger partial charge in [0.05, 0.1) is 12.8 Å². The number of benzene rings is 2. The number of hydrogen-bond donors (Lipinski definition) is 0. The molecule has 5 nitrogen and oxygen atoms in total. The molecule has 0 atom stereocenters. The Morgan fingerprint density at radius 1 is 1.17 bits per heavy atom. The fraction of sp³-hybridized carbons (Fsp3) is 0.235. The third kappa shape index (κ3) is 3.41. The Hall–Kier alpha value is -2.41. The van der Waals surface area contributed by atoms with E-state index in [-0.39, 0.29) is 5.82 Å². The van der Waals surface area contributed by atoms with Crippen molar-refractivity contribution in [3.05, 3.63) is 58.9 Å². The fourth-order valence-corrected chi connectivity index (χ4v) is 3.23. The summed E-state index contributed by atoms with van der Waals surface area (Å²) >= 11 is 1.43. The van der Waals surface area contributed by atoms with Crippen LogP contribution in [0.5, 0.6) is 5.75 Å². The monoisotopic (exact) mass is 344 g/mol. The molecule has 0 N–H and O–H groups in total. The summed E-state index contributed by atoms with van der Waals surface area (Å²) in [5, 5.41) is 12.6. The zero-order chi connectivity index (χ0) is 17.1. The zero-order valence-electron chi connectivity index (χ0n) is 13.7. The lowest BCUT2D eigenvalue weighted by Crippen LogP contribution is -2.02. The number of nitrogens with zero attached hydrogens (tertiary/aromatic N) is 4. The van der Waals surface area contributed by atoms with Crippen molar-refractivity contribution in [1.29, 1.82) is 0 Å². The maximum absolute atomic E-state index is 13.5. The summed E-state index contributed by atoms with van der Waals surface area (Å²) < 4.78 is 20.5. The number of rotatable bonds is 5. The minimum atomic E-state index is -0.291. The summed E-state index contributed by atoms with van der Waals surface area (Å²) in [4.78, 5) is 0. The standard InChI is InChI=1S/C17H17FN4OS/c1-11-4-5-12(2)15(8-11)22-17(19-20-21-22)24-10-13-9-14(18)6-7-16(13)23-3/h4-9H,10H2,1-3H3. The molecular formula is C17H17FN4OS. The topological polar surface area (TPSA) is 52.8 Å². The van der Waals surface area contributed by atoms with Crippen LogP contribution in [0, 0.1) is 19.7 Å². The summed E-state index contributed by atoms with van der Waals surface area (Å²) in [7, 11) is 1.57. The molecule has 0 bridgehead atoms. The van der Waals surface area contributed by atoms with Crippen molar-refractivity contribution in [2.24, 2.45) is 0 Å². The van der Waals surface area contributed by atoms with Gasteiger partial charge in [-0.3, -0.25) is 0 Å². The lowest BCUT2D eigenvalue weighted by atomic mass is 10.1. The van der Waals surface area contributed by atoms with Crippen LogP contribution in [0.3, 0.4) is 0 Å². The van der Waals surface area contributed by atoms with Crippen LogP contribution >= 0.6 is 11.8 Å². The molecule has 0 aliphatic rings. The highest BCUT2D eigenvalue weighted by Gasteiger charge is 2.13. The molecule has 0 saturated heterocycles. The number of ether oxygens (including phenoxy) is 1. The van der Waals surface area contributed by atoms with E-state index in [4.69, 9.17) is 4.74 Å². The van der Waals surface area contributed by atoms with Crippen molar-refractivity contribution in [2.45, 2.75) is 24.8 Å². The van der Waals surface area contributed by atoms with Crippen LogP contribution < -0.4 is 4.74 Å². The van der Waals surface area contributed by atoms with Crippen LogP contribution in [-0.2, 0) is 5.75 Å². The van der Waals surface area contributed by atoms with E-state index >= 15 is 0 Å². The number of methoxy groups -OCH3 is 1. The lowest BCUT2D eigenvalue weighted by Gasteiger charge is -2.10. The molecule has 0 radical (unpaired) electrons. The molecule has 0 saturated carbocycles. The van der Waals surface area contributed by atoms with Crippen molar-refractivity contribution in [2.75, 3.05) is 7.11 Å². The van der Waals surface area contributed by atoms with E-state index in [2.05, 4.69) is 15.5 Å². The van der Waals surface area contributed by atoms with Gasteiger partial charge < -0.3 is 4.74 Å². The largest absolute Gasteiger partial charge is 0.496 e. The third-order valence-corrected chi connectivity index (χ3v) is 4.60. The van der Waals surface area contributed by atoms with Gasteiger partial charge in [-0.15, -0.1) is 5.10 Å². The molecule has 0 fully saturated rings. The van der Waals surface area contributed by atoms with Crippen molar-refractivity contribution >= 4 is 11.8 Å². The second-order valence-electron chi connectivity index (χ2n) is 5.41. The van der Waals surface area contributed by atoms with Gasteiger partial charge in [-0.2, -0.15) is 4.68 Å². The maximum Gasteiger partial charge on any atom is 0.214 e. The first-order valence-corrected chi connectivity index (χ1v) is 8.38.